The Bertz CT molecular complexity index is 439. The van der Waals surface area contributed by atoms with Gasteiger partial charge < -0.3 is 10.2 Å². The summed E-state index contributed by atoms with van der Waals surface area (Å²) in [5.74, 6) is -0.941. The van der Waals surface area contributed by atoms with Crippen LogP contribution in [0.15, 0.2) is 30.3 Å². The Hall–Kier alpha value is -1.86. The van der Waals surface area contributed by atoms with Crippen LogP contribution in [0.4, 0.5) is 0 Å². The summed E-state index contributed by atoms with van der Waals surface area (Å²) in [4.78, 5) is 14.3. The summed E-state index contributed by atoms with van der Waals surface area (Å²) in [5, 5.41) is 12.0. The van der Waals surface area contributed by atoms with Gasteiger partial charge in [0.2, 0.25) is 5.91 Å². The third-order valence-electron chi connectivity index (χ3n) is 3.24. The number of carbonyl (C=O) groups excluding carboxylic acids is 1. The average molecular weight is 273 g/mol. The van der Waals surface area contributed by atoms with Gasteiger partial charge >= 0.3 is 0 Å². The van der Waals surface area contributed by atoms with Gasteiger partial charge in [0.05, 0.1) is 6.07 Å². The minimum atomic E-state index is -0.725. The molecule has 0 saturated carbocycles. The van der Waals surface area contributed by atoms with Crippen LogP contribution in [-0.2, 0) is 4.79 Å². The van der Waals surface area contributed by atoms with E-state index in [0.29, 0.717) is 6.54 Å². The van der Waals surface area contributed by atoms with Gasteiger partial charge in [0.1, 0.15) is 5.92 Å². The van der Waals surface area contributed by atoms with Crippen molar-refractivity contribution in [1.82, 2.24) is 10.2 Å². The van der Waals surface area contributed by atoms with E-state index in [9.17, 15) is 4.79 Å². The Morgan fingerprint density at radius 2 is 2.00 bits per heavy atom. The van der Waals surface area contributed by atoms with Gasteiger partial charge in [-0.2, -0.15) is 5.26 Å². The Morgan fingerprint density at radius 3 is 2.55 bits per heavy atom. The third kappa shape index (κ3) is 5.02. The van der Waals surface area contributed by atoms with Crippen LogP contribution in [0.25, 0.3) is 0 Å². The first kappa shape index (κ1) is 16.2. The first-order chi connectivity index (χ1) is 9.72. The van der Waals surface area contributed by atoms with Gasteiger partial charge in [-0.05, 0) is 25.1 Å². The Labute approximate surface area is 121 Å². The number of carbonyl (C=O) groups is 1. The normalized spacial score (nSPS) is 11.9. The summed E-state index contributed by atoms with van der Waals surface area (Å²) in [6, 6.07) is 11.2. The van der Waals surface area contributed by atoms with Gasteiger partial charge in [0.25, 0.3) is 0 Å². The number of nitrogens with one attached hydrogen (secondary N) is 1. The maximum absolute atomic E-state index is 12.1. The number of amides is 1. The van der Waals surface area contributed by atoms with Crippen LogP contribution >= 0.6 is 0 Å². The molecule has 1 rings (SSSR count). The molecule has 0 bridgehead atoms. The molecule has 0 saturated heterocycles. The highest BCUT2D eigenvalue weighted by Crippen LogP contribution is 2.14. The molecule has 1 atom stereocenters. The van der Waals surface area contributed by atoms with Crippen LogP contribution in [0, 0.1) is 11.3 Å². The third-order valence-corrected chi connectivity index (χ3v) is 3.24. The highest BCUT2D eigenvalue weighted by Gasteiger charge is 2.19. The molecule has 0 spiro atoms. The summed E-state index contributed by atoms with van der Waals surface area (Å²) in [7, 11) is 0. The Balaban J connectivity index is 2.47. The molecule has 1 unspecified atom stereocenters. The summed E-state index contributed by atoms with van der Waals surface area (Å²) < 4.78 is 0. The summed E-state index contributed by atoms with van der Waals surface area (Å²) in [6.45, 7) is 7.67. The quantitative estimate of drug-likeness (QED) is 0.789. The minimum absolute atomic E-state index is 0.216. The predicted molar refractivity (Wildman–Crippen MR) is 80.2 cm³/mol. The first-order valence-corrected chi connectivity index (χ1v) is 7.17. The zero-order valence-electron chi connectivity index (χ0n) is 12.3. The molecule has 0 fully saturated rings. The second-order valence-corrected chi connectivity index (χ2v) is 4.70. The van der Waals surface area contributed by atoms with Crippen molar-refractivity contribution < 1.29 is 4.79 Å². The van der Waals surface area contributed by atoms with E-state index in [4.69, 9.17) is 5.26 Å². The van der Waals surface area contributed by atoms with Crippen LogP contribution in [0.1, 0.15) is 31.7 Å². The van der Waals surface area contributed by atoms with Crippen molar-refractivity contribution in [1.29, 1.82) is 5.26 Å². The molecule has 0 aliphatic heterocycles. The van der Waals surface area contributed by atoms with Crippen LogP contribution in [-0.4, -0.2) is 37.0 Å². The number of hydrogen-bond acceptors (Lipinski definition) is 3. The fourth-order valence-corrected chi connectivity index (χ4v) is 2.11. The molecule has 0 aliphatic carbocycles. The van der Waals surface area contributed by atoms with E-state index in [1.807, 2.05) is 30.3 Å². The molecular weight excluding hydrogens is 250 g/mol. The van der Waals surface area contributed by atoms with Crippen molar-refractivity contribution in [3.8, 4) is 6.07 Å². The van der Waals surface area contributed by atoms with Crippen LogP contribution in [0.5, 0.6) is 0 Å². The highest BCUT2D eigenvalue weighted by molar-refractivity contribution is 5.86. The number of nitrogens with zero attached hydrogens (tertiary/aromatic N) is 2. The molecule has 20 heavy (non-hydrogen) atoms. The van der Waals surface area contributed by atoms with E-state index in [2.05, 4.69) is 30.1 Å². The molecule has 0 aliphatic rings. The van der Waals surface area contributed by atoms with Gasteiger partial charge in [-0.1, -0.05) is 44.2 Å². The van der Waals surface area contributed by atoms with Gasteiger partial charge in [-0.15, -0.1) is 0 Å². The summed E-state index contributed by atoms with van der Waals surface area (Å²) in [6.07, 6.45) is 1.10. The van der Waals surface area contributed by atoms with Crippen LogP contribution in [0.3, 0.4) is 0 Å². The molecule has 0 heterocycles. The molecule has 1 aromatic carbocycles. The largest absolute Gasteiger partial charge is 0.353 e. The van der Waals surface area contributed by atoms with Crippen molar-refractivity contribution in [2.24, 2.45) is 0 Å². The summed E-state index contributed by atoms with van der Waals surface area (Å²) >= 11 is 0. The van der Waals surface area contributed by atoms with Crippen molar-refractivity contribution >= 4 is 5.91 Å². The van der Waals surface area contributed by atoms with E-state index in [0.717, 1.165) is 31.6 Å². The first-order valence-electron chi connectivity index (χ1n) is 7.17. The smallest absolute Gasteiger partial charge is 0.241 e. The maximum atomic E-state index is 12.1. The molecule has 1 N–H and O–H groups in total. The molecule has 4 heteroatoms. The number of rotatable bonds is 8. The van der Waals surface area contributed by atoms with E-state index < -0.39 is 5.92 Å². The molecule has 4 nitrogen and oxygen atoms in total. The average Bonchev–Trinajstić information content (AvgIpc) is 2.48. The Kier molecular flexibility index (Phi) is 7.38. The molecule has 1 aromatic rings. The zero-order chi connectivity index (χ0) is 14.8. The summed E-state index contributed by atoms with van der Waals surface area (Å²) in [5.41, 5.74) is 0.744. The van der Waals surface area contributed by atoms with E-state index >= 15 is 0 Å². The highest BCUT2D eigenvalue weighted by atomic mass is 16.1. The van der Waals surface area contributed by atoms with Crippen molar-refractivity contribution in [3.63, 3.8) is 0 Å². The fraction of sp³-hybridized carbons (Fsp3) is 0.500. The van der Waals surface area contributed by atoms with Crippen molar-refractivity contribution in [2.45, 2.75) is 26.2 Å². The predicted octanol–water partition coefficient (Wildman–Crippen LogP) is 2.14. The number of likely N-dealkylation sites (N-methyl/N-ethyl adjacent to an activating group) is 1. The lowest BCUT2D eigenvalue weighted by molar-refractivity contribution is -0.121. The molecule has 0 radical (unpaired) electrons. The monoisotopic (exact) mass is 273 g/mol. The van der Waals surface area contributed by atoms with Gasteiger partial charge in [-0.25, -0.2) is 0 Å². The van der Waals surface area contributed by atoms with E-state index in [1.54, 1.807) is 0 Å². The Morgan fingerprint density at radius 1 is 1.30 bits per heavy atom. The number of nitriles is 1. The van der Waals surface area contributed by atoms with Gasteiger partial charge in [0, 0.05) is 13.1 Å². The second kappa shape index (κ2) is 9.11. The van der Waals surface area contributed by atoms with Crippen molar-refractivity contribution in [2.75, 3.05) is 26.2 Å². The molecule has 108 valence electrons. The minimum Gasteiger partial charge on any atom is -0.353 e. The number of hydrogen-bond donors (Lipinski definition) is 1. The maximum Gasteiger partial charge on any atom is 0.241 e. The molecule has 1 amide bonds. The van der Waals surface area contributed by atoms with Crippen molar-refractivity contribution in [3.05, 3.63) is 35.9 Å². The second-order valence-electron chi connectivity index (χ2n) is 4.70. The fourth-order valence-electron chi connectivity index (χ4n) is 2.11. The van der Waals surface area contributed by atoms with Gasteiger partial charge in [0.15, 0.2) is 0 Å². The lowest BCUT2D eigenvalue weighted by Gasteiger charge is -2.20. The SMILES string of the molecule is CCCN(CC)CCNC(=O)C(C#N)c1ccccc1. The van der Waals surface area contributed by atoms with Crippen LogP contribution < -0.4 is 5.32 Å². The van der Waals surface area contributed by atoms with E-state index in [1.165, 1.54) is 0 Å². The van der Waals surface area contributed by atoms with Crippen LogP contribution in [0.2, 0.25) is 0 Å². The number of benzene rings is 1. The standard InChI is InChI=1S/C16H23N3O/c1-3-11-19(4-2)12-10-18-16(20)15(13-17)14-8-6-5-7-9-14/h5-9,15H,3-4,10-12H2,1-2H3,(H,18,20). The molecular formula is C16H23N3O. The zero-order valence-corrected chi connectivity index (χ0v) is 12.3. The topological polar surface area (TPSA) is 56.1 Å². The van der Waals surface area contributed by atoms with Gasteiger partial charge in [-0.3, -0.25) is 4.79 Å². The lowest BCUT2D eigenvalue weighted by atomic mass is 10.00. The molecule has 0 aromatic heterocycles. The van der Waals surface area contributed by atoms with E-state index in [-0.39, 0.29) is 5.91 Å². The lowest BCUT2D eigenvalue weighted by Crippen LogP contribution is -2.37.